The molecule has 1 heterocycles. The SMILES string of the molecule is O=C(CCCOc1ccc([N+](=O)[O-])c(/C=C2/NC(=O)NC2=O)c1)NCC1CCCCC1. The molecule has 0 aromatic heterocycles. The number of nitro groups is 1. The van der Waals surface area contributed by atoms with E-state index in [1.807, 2.05) is 5.32 Å². The molecule has 3 N–H and O–H groups in total. The highest BCUT2D eigenvalue weighted by Crippen LogP contribution is 2.27. The number of rotatable bonds is 9. The normalized spacial score (nSPS) is 17.9. The average molecular weight is 430 g/mol. The maximum Gasteiger partial charge on any atom is 0.326 e. The number of benzene rings is 1. The van der Waals surface area contributed by atoms with Crippen LogP contribution in [0.25, 0.3) is 6.08 Å². The monoisotopic (exact) mass is 430 g/mol. The van der Waals surface area contributed by atoms with Crippen LogP contribution in [0.15, 0.2) is 23.9 Å². The van der Waals surface area contributed by atoms with Gasteiger partial charge in [-0.25, -0.2) is 4.79 Å². The van der Waals surface area contributed by atoms with Crippen molar-refractivity contribution in [3.63, 3.8) is 0 Å². The molecule has 0 radical (unpaired) electrons. The minimum atomic E-state index is -0.687. The fourth-order valence-electron chi connectivity index (χ4n) is 3.70. The molecule has 1 aliphatic carbocycles. The van der Waals surface area contributed by atoms with Crippen LogP contribution < -0.4 is 20.7 Å². The Hall–Kier alpha value is -3.43. The molecule has 31 heavy (non-hydrogen) atoms. The van der Waals surface area contributed by atoms with Crippen LogP contribution >= 0.6 is 0 Å². The number of nitro benzene ring substituents is 1. The molecule has 4 amide bonds. The van der Waals surface area contributed by atoms with Gasteiger partial charge in [0.15, 0.2) is 0 Å². The molecular formula is C21H26N4O6. The highest BCUT2D eigenvalue weighted by atomic mass is 16.6. The van der Waals surface area contributed by atoms with Gasteiger partial charge in [-0.3, -0.25) is 25.0 Å². The molecule has 166 valence electrons. The lowest BCUT2D eigenvalue weighted by Crippen LogP contribution is -2.30. The predicted octanol–water partition coefficient (Wildman–Crippen LogP) is 2.63. The summed E-state index contributed by atoms with van der Waals surface area (Å²) >= 11 is 0. The van der Waals surface area contributed by atoms with E-state index in [4.69, 9.17) is 4.74 Å². The van der Waals surface area contributed by atoms with Crippen molar-refractivity contribution in [1.82, 2.24) is 16.0 Å². The maximum atomic E-state index is 12.0. The molecule has 1 saturated heterocycles. The highest BCUT2D eigenvalue weighted by molar-refractivity contribution is 6.14. The van der Waals surface area contributed by atoms with Crippen molar-refractivity contribution in [2.75, 3.05) is 13.2 Å². The van der Waals surface area contributed by atoms with Crippen LogP contribution in [-0.4, -0.2) is 35.9 Å². The second-order valence-corrected chi connectivity index (χ2v) is 7.70. The summed E-state index contributed by atoms with van der Waals surface area (Å²) in [7, 11) is 0. The molecule has 3 rings (SSSR count). The third kappa shape index (κ3) is 6.53. The number of ether oxygens (including phenoxy) is 1. The summed E-state index contributed by atoms with van der Waals surface area (Å²) < 4.78 is 5.62. The first-order valence-corrected chi connectivity index (χ1v) is 10.4. The molecule has 0 spiro atoms. The van der Waals surface area contributed by atoms with Crippen LogP contribution in [0.3, 0.4) is 0 Å². The van der Waals surface area contributed by atoms with Crippen LogP contribution in [0.5, 0.6) is 5.75 Å². The van der Waals surface area contributed by atoms with E-state index in [1.165, 1.54) is 56.4 Å². The van der Waals surface area contributed by atoms with Crippen molar-refractivity contribution in [3.05, 3.63) is 39.6 Å². The standard InChI is InChI=1S/C21H26N4O6/c26-19(22-13-14-5-2-1-3-6-14)7-4-10-31-16-8-9-18(25(29)30)15(11-16)12-17-20(27)24-21(28)23-17/h8-9,11-12,14H,1-7,10,13H2,(H,22,26)(H2,23,24,27,28)/b17-12+. The average Bonchev–Trinajstić information content (AvgIpc) is 3.07. The van der Waals surface area contributed by atoms with E-state index in [0.717, 1.165) is 6.54 Å². The molecule has 1 aromatic rings. The van der Waals surface area contributed by atoms with Crippen molar-refractivity contribution in [2.45, 2.75) is 44.9 Å². The van der Waals surface area contributed by atoms with Gasteiger partial charge in [-0.15, -0.1) is 0 Å². The molecule has 2 fully saturated rings. The number of nitrogens with zero attached hydrogens (tertiary/aromatic N) is 1. The van der Waals surface area contributed by atoms with Crippen LogP contribution in [0.2, 0.25) is 0 Å². The van der Waals surface area contributed by atoms with Crippen LogP contribution in [0, 0.1) is 16.0 Å². The fourth-order valence-corrected chi connectivity index (χ4v) is 3.70. The largest absolute Gasteiger partial charge is 0.494 e. The van der Waals surface area contributed by atoms with Crippen molar-refractivity contribution in [3.8, 4) is 5.75 Å². The van der Waals surface area contributed by atoms with E-state index in [2.05, 4.69) is 10.6 Å². The Morgan fingerprint density at radius 1 is 1.23 bits per heavy atom. The predicted molar refractivity (Wildman–Crippen MR) is 112 cm³/mol. The van der Waals surface area contributed by atoms with Gasteiger partial charge in [-0.1, -0.05) is 19.3 Å². The Balaban J connectivity index is 1.50. The summed E-state index contributed by atoms with van der Waals surface area (Å²) in [6.07, 6.45) is 8.17. The zero-order valence-electron chi connectivity index (χ0n) is 17.1. The summed E-state index contributed by atoms with van der Waals surface area (Å²) in [6.45, 7) is 0.992. The van der Waals surface area contributed by atoms with Crippen LogP contribution in [0.1, 0.15) is 50.5 Å². The number of nitrogens with one attached hydrogen (secondary N) is 3. The minimum Gasteiger partial charge on any atom is -0.494 e. The lowest BCUT2D eigenvalue weighted by atomic mass is 9.89. The number of hydrogen-bond acceptors (Lipinski definition) is 6. The van der Waals surface area contributed by atoms with Gasteiger partial charge in [-0.2, -0.15) is 0 Å². The van der Waals surface area contributed by atoms with E-state index < -0.39 is 16.9 Å². The van der Waals surface area contributed by atoms with E-state index in [0.29, 0.717) is 24.5 Å². The van der Waals surface area contributed by atoms with Gasteiger partial charge in [0.1, 0.15) is 11.4 Å². The van der Waals surface area contributed by atoms with Gasteiger partial charge in [-0.05, 0) is 43.4 Å². The first-order valence-electron chi connectivity index (χ1n) is 10.4. The highest BCUT2D eigenvalue weighted by Gasteiger charge is 2.24. The van der Waals surface area contributed by atoms with Crippen molar-refractivity contribution in [2.24, 2.45) is 5.92 Å². The Labute approximate surface area is 179 Å². The Morgan fingerprint density at radius 3 is 2.68 bits per heavy atom. The number of carbonyl (C=O) groups is 3. The zero-order chi connectivity index (χ0) is 22.2. The summed E-state index contributed by atoms with van der Waals surface area (Å²) in [5.41, 5.74) is -0.184. The second kappa shape index (κ2) is 10.6. The Kier molecular flexibility index (Phi) is 7.58. The third-order valence-corrected chi connectivity index (χ3v) is 5.34. The third-order valence-electron chi connectivity index (χ3n) is 5.34. The Bertz CT molecular complexity index is 892. The van der Waals surface area contributed by atoms with Gasteiger partial charge in [0.05, 0.1) is 17.1 Å². The maximum absolute atomic E-state index is 12.0. The number of hydrogen-bond donors (Lipinski definition) is 3. The van der Waals surface area contributed by atoms with E-state index in [9.17, 15) is 24.5 Å². The summed E-state index contributed by atoms with van der Waals surface area (Å²) in [6, 6.07) is 3.46. The quantitative estimate of drug-likeness (QED) is 0.181. The molecule has 1 aromatic carbocycles. The van der Waals surface area contributed by atoms with Crippen LogP contribution in [-0.2, 0) is 9.59 Å². The molecule has 10 nitrogen and oxygen atoms in total. The van der Waals surface area contributed by atoms with E-state index >= 15 is 0 Å². The van der Waals surface area contributed by atoms with Crippen molar-refractivity contribution in [1.29, 1.82) is 0 Å². The number of carbonyl (C=O) groups excluding carboxylic acids is 3. The van der Waals surface area contributed by atoms with Gasteiger partial charge >= 0.3 is 6.03 Å². The van der Waals surface area contributed by atoms with Gasteiger partial charge in [0, 0.05) is 19.0 Å². The van der Waals surface area contributed by atoms with Crippen LogP contribution in [0.4, 0.5) is 10.5 Å². The zero-order valence-corrected chi connectivity index (χ0v) is 17.1. The summed E-state index contributed by atoms with van der Waals surface area (Å²) in [5.74, 6) is 0.272. The lowest BCUT2D eigenvalue weighted by molar-refractivity contribution is -0.385. The molecular weight excluding hydrogens is 404 g/mol. The molecule has 0 unspecified atom stereocenters. The first-order chi connectivity index (χ1) is 14.9. The molecule has 0 atom stereocenters. The van der Waals surface area contributed by atoms with Crippen molar-refractivity contribution < 1.29 is 24.0 Å². The van der Waals surface area contributed by atoms with E-state index in [1.54, 1.807) is 0 Å². The van der Waals surface area contributed by atoms with Gasteiger partial charge < -0.3 is 15.4 Å². The molecule has 1 saturated carbocycles. The topological polar surface area (TPSA) is 140 Å². The van der Waals surface area contributed by atoms with Gasteiger partial charge in [0.25, 0.3) is 11.6 Å². The fraction of sp³-hybridized carbons (Fsp3) is 0.476. The molecule has 2 aliphatic rings. The summed E-state index contributed by atoms with van der Waals surface area (Å²) in [4.78, 5) is 45.6. The minimum absolute atomic E-state index is 0.00807. The van der Waals surface area contributed by atoms with Gasteiger partial charge in [0.2, 0.25) is 5.91 Å². The first kappa shape index (κ1) is 22.3. The second-order valence-electron chi connectivity index (χ2n) is 7.70. The summed E-state index contributed by atoms with van der Waals surface area (Å²) in [5, 5.41) is 18.6. The molecule has 10 heteroatoms. The van der Waals surface area contributed by atoms with Crippen molar-refractivity contribution >= 4 is 29.6 Å². The Morgan fingerprint density at radius 2 is 2.00 bits per heavy atom. The number of urea groups is 1. The number of amides is 4. The molecule has 1 aliphatic heterocycles. The lowest BCUT2D eigenvalue weighted by Gasteiger charge is -2.21. The molecule has 0 bridgehead atoms. The van der Waals surface area contributed by atoms with E-state index in [-0.39, 0.29) is 29.5 Å². The number of imide groups is 1. The smallest absolute Gasteiger partial charge is 0.326 e.